The lowest BCUT2D eigenvalue weighted by Crippen LogP contribution is -2.33. The van der Waals surface area contributed by atoms with Crippen LogP contribution < -0.4 is 4.90 Å². The molecule has 3 heteroatoms. The van der Waals surface area contributed by atoms with Crippen LogP contribution in [0.3, 0.4) is 0 Å². The number of para-hydroxylation sites is 1. The van der Waals surface area contributed by atoms with Crippen molar-refractivity contribution in [1.29, 1.82) is 0 Å². The summed E-state index contributed by atoms with van der Waals surface area (Å²) in [4.78, 5) is 12.8. The lowest BCUT2D eigenvalue weighted by molar-refractivity contribution is -0.137. The zero-order chi connectivity index (χ0) is 10.8. The van der Waals surface area contributed by atoms with Crippen molar-refractivity contribution in [2.45, 2.75) is 25.8 Å². The van der Waals surface area contributed by atoms with Crippen LogP contribution >= 0.6 is 0 Å². The van der Waals surface area contributed by atoms with Crippen molar-refractivity contribution in [3.8, 4) is 0 Å². The van der Waals surface area contributed by atoms with Gasteiger partial charge in [0.2, 0.25) is 0 Å². The monoisotopic (exact) mass is 205 g/mol. The van der Waals surface area contributed by atoms with Crippen LogP contribution in [-0.4, -0.2) is 23.7 Å². The average Bonchev–Trinajstić information content (AvgIpc) is 2.59. The lowest BCUT2D eigenvalue weighted by Gasteiger charge is -2.25. The molecule has 0 saturated heterocycles. The van der Waals surface area contributed by atoms with E-state index in [1.54, 1.807) is 0 Å². The molecular weight excluding hydrogens is 190 g/mol. The number of anilines is 1. The maximum atomic E-state index is 10.7. The summed E-state index contributed by atoms with van der Waals surface area (Å²) < 4.78 is 0. The summed E-state index contributed by atoms with van der Waals surface area (Å²) >= 11 is 0. The van der Waals surface area contributed by atoms with Gasteiger partial charge in [0.15, 0.2) is 0 Å². The van der Waals surface area contributed by atoms with Crippen molar-refractivity contribution in [3.05, 3.63) is 29.8 Å². The first kappa shape index (κ1) is 10.0. The topological polar surface area (TPSA) is 40.5 Å². The molecule has 0 aromatic heterocycles. The highest BCUT2D eigenvalue weighted by Crippen LogP contribution is 2.29. The van der Waals surface area contributed by atoms with E-state index in [0.717, 1.165) is 13.0 Å². The van der Waals surface area contributed by atoms with Gasteiger partial charge in [-0.05, 0) is 25.0 Å². The Labute approximate surface area is 89.3 Å². The fourth-order valence-electron chi connectivity index (χ4n) is 2.18. The second kappa shape index (κ2) is 3.93. The molecule has 15 heavy (non-hydrogen) atoms. The minimum Gasteiger partial charge on any atom is -0.481 e. The average molecular weight is 205 g/mol. The van der Waals surface area contributed by atoms with Crippen LogP contribution in [0, 0.1) is 0 Å². The second-order valence-electron chi connectivity index (χ2n) is 4.02. The van der Waals surface area contributed by atoms with E-state index >= 15 is 0 Å². The molecular formula is C12H15NO2. The summed E-state index contributed by atoms with van der Waals surface area (Å²) in [5.74, 6) is -0.730. The van der Waals surface area contributed by atoms with Crippen LogP contribution in [-0.2, 0) is 11.2 Å². The van der Waals surface area contributed by atoms with Crippen LogP contribution in [0.25, 0.3) is 0 Å². The zero-order valence-electron chi connectivity index (χ0n) is 8.81. The number of nitrogens with zero attached hydrogens (tertiary/aromatic N) is 1. The highest BCUT2D eigenvalue weighted by Gasteiger charge is 2.23. The van der Waals surface area contributed by atoms with Gasteiger partial charge in [-0.1, -0.05) is 18.2 Å². The molecule has 0 radical (unpaired) electrons. The van der Waals surface area contributed by atoms with Crippen molar-refractivity contribution in [2.24, 2.45) is 0 Å². The summed E-state index contributed by atoms with van der Waals surface area (Å²) in [5.41, 5.74) is 2.53. The van der Waals surface area contributed by atoms with Gasteiger partial charge in [0, 0.05) is 18.3 Å². The van der Waals surface area contributed by atoms with E-state index in [-0.39, 0.29) is 12.5 Å². The van der Waals surface area contributed by atoms with Gasteiger partial charge < -0.3 is 10.0 Å². The van der Waals surface area contributed by atoms with E-state index in [2.05, 4.69) is 17.0 Å². The number of hydrogen-bond donors (Lipinski definition) is 1. The van der Waals surface area contributed by atoms with Gasteiger partial charge in [-0.15, -0.1) is 0 Å². The van der Waals surface area contributed by atoms with Crippen molar-refractivity contribution in [3.63, 3.8) is 0 Å². The standard InChI is InChI=1S/C12H15NO2/c1-9(8-12(14)15)13-7-6-10-4-2-3-5-11(10)13/h2-5,9H,6-8H2,1H3,(H,14,15)/t9-/m1/s1. The van der Waals surface area contributed by atoms with E-state index in [4.69, 9.17) is 5.11 Å². The minimum absolute atomic E-state index is 0.0751. The Morgan fingerprint density at radius 2 is 2.27 bits per heavy atom. The molecule has 1 heterocycles. The quantitative estimate of drug-likeness (QED) is 0.819. The molecule has 0 bridgehead atoms. The molecule has 80 valence electrons. The lowest BCUT2D eigenvalue weighted by atomic mass is 10.1. The number of carboxylic acid groups (broad SMARTS) is 1. The molecule has 0 aliphatic carbocycles. The van der Waals surface area contributed by atoms with Gasteiger partial charge in [0.1, 0.15) is 0 Å². The SMILES string of the molecule is C[C@H](CC(=O)O)N1CCc2ccccc21. The van der Waals surface area contributed by atoms with Gasteiger partial charge in [-0.3, -0.25) is 4.79 Å². The van der Waals surface area contributed by atoms with Crippen molar-refractivity contribution in [2.75, 3.05) is 11.4 Å². The molecule has 3 nitrogen and oxygen atoms in total. The number of hydrogen-bond acceptors (Lipinski definition) is 2. The Morgan fingerprint density at radius 1 is 1.53 bits per heavy atom. The molecule has 1 N–H and O–H groups in total. The van der Waals surface area contributed by atoms with Gasteiger partial charge in [0.25, 0.3) is 0 Å². The van der Waals surface area contributed by atoms with Crippen molar-refractivity contribution >= 4 is 11.7 Å². The van der Waals surface area contributed by atoms with Gasteiger partial charge in [-0.25, -0.2) is 0 Å². The summed E-state index contributed by atoms with van der Waals surface area (Å²) in [7, 11) is 0. The molecule has 1 aliphatic heterocycles. The molecule has 1 aliphatic rings. The van der Waals surface area contributed by atoms with Crippen molar-refractivity contribution in [1.82, 2.24) is 0 Å². The third-order valence-corrected chi connectivity index (χ3v) is 2.93. The van der Waals surface area contributed by atoms with Crippen LogP contribution in [0.2, 0.25) is 0 Å². The first-order chi connectivity index (χ1) is 7.18. The van der Waals surface area contributed by atoms with Crippen LogP contribution in [0.4, 0.5) is 5.69 Å². The van der Waals surface area contributed by atoms with E-state index in [1.165, 1.54) is 11.3 Å². The summed E-state index contributed by atoms with van der Waals surface area (Å²) in [6, 6.07) is 8.30. The molecule has 1 atom stereocenters. The third-order valence-electron chi connectivity index (χ3n) is 2.93. The van der Waals surface area contributed by atoms with E-state index < -0.39 is 5.97 Å². The zero-order valence-corrected chi connectivity index (χ0v) is 8.81. The van der Waals surface area contributed by atoms with Gasteiger partial charge >= 0.3 is 5.97 Å². The Bertz CT molecular complexity index is 376. The number of fused-ring (bicyclic) bond motifs is 1. The van der Waals surface area contributed by atoms with E-state index in [1.807, 2.05) is 19.1 Å². The molecule has 2 rings (SSSR count). The van der Waals surface area contributed by atoms with Gasteiger partial charge in [0.05, 0.1) is 6.42 Å². The van der Waals surface area contributed by atoms with E-state index in [0.29, 0.717) is 0 Å². The predicted octanol–water partition coefficient (Wildman–Crippen LogP) is 1.91. The highest BCUT2D eigenvalue weighted by molar-refractivity contribution is 5.69. The molecule has 0 amide bonds. The molecule has 1 aromatic rings. The Hall–Kier alpha value is -1.51. The van der Waals surface area contributed by atoms with Crippen LogP contribution in [0.1, 0.15) is 18.9 Å². The Balaban J connectivity index is 2.16. The predicted molar refractivity (Wildman–Crippen MR) is 59.2 cm³/mol. The molecule has 1 aromatic carbocycles. The van der Waals surface area contributed by atoms with Crippen LogP contribution in [0.5, 0.6) is 0 Å². The maximum absolute atomic E-state index is 10.7. The van der Waals surface area contributed by atoms with Gasteiger partial charge in [-0.2, -0.15) is 0 Å². The maximum Gasteiger partial charge on any atom is 0.305 e. The summed E-state index contributed by atoms with van der Waals surface area (Å²) in [5, 5.41) is 8.77. The highest BCUT2D eigenvalue weighted by atomic mass is 16.4. The van der Waals surface area contributed by atoms with Crippen LogP contribution in [0.15, 0.2) is 24.3 Å². The first-order valence-electron chi connectivity index (χ1n) is 5.25. The fourth-order valence-corrected chi connectivity index (χ4v) is 2.18. The Morgan fingerprint density at radius 3 is 3.00 bits per heavy atom. The number of rotatable bonds is 3. The summed E-state index contributed by atoms with van der Waals surface area (Å²) in [6.07, 6.45) is 1.23. The largest absolute Gasteiger partial charge is 0.481 e. The normalized spacial score (nSPS) is 16.2. The number of benzene rings is 1. The smallest absolute Gasteiger partial charge is 0.305 e. The molecule has 0 fully saturated rings. The number of aliphatic carboxylic acids is 1. The molecule has 0 unspecified atom stereocenters. The Kier molecular flexibility index (Phi) is 2.62. The number of carbonyl (C=O) groups is 1. The van der Waals surface area contributed by atoms with E-state index in [9.17, 15) is 4.79 Å². The first-order valence-corrected chi connectivity index (χ1v) is 5.25. The molecule has 0 spiro atoms. The molecule has 0 saturated carbocycles. The second-order valence-corrected chi connectivity index (χ2v) is 4.02. The number of carboxylic acids is 1. The van der Waals surface area contributed by atoms with Crippen molar-refractivity contribution < 1.29 is 9.90 Å². The fraction of sp³-hybridized carbons (Fsp3) is 0.417. The minimum atomic E-state index is -0.730. The third kappa shape index (κ3) is 1.96. The summed E-state index contributed by atoms with van der Waals surface area (Å²) in [6.45, 7) is 2.91.